The highest BCUT2D eigenvalue weighted by Gasteiger charge is 2.05. The highest BCUT2D eigenvalue weighted by molar-refractivity contribution is 6.31. The number of rotatable bonds is 2. The van der Waals surface area contributed by atoms with Gasteiger partial charge in [-0.05, 0) is 18.2 Å². The Kier molecular flexibility index (Phi) is 3.43. The number of aromatic nitrogens is 2. The first-order chi connectivity index (χ1) is 8.19. The van der Waals surface area contributed by atoms with Gasteiger partial charge in [-0.15, -0.1) is 0 Å². The fourth-order valence-corrected chi connectivity index (χ4v) is 1.36. The van der Waals surface area contributed by atoms with Crippen LogP contribution in [0.2, 0.25) is 10.2 Å². The average Bonchev–Trinajstić information content (AvgIpc) is 2.34. The molecule has 2 rings (SSSR count). The smallest absolute Gasteiger partial charge is 0.220 e. The summed E-state index contributed by atoms with van der Waals surface area (Å²) >= 11 is 11.4. The molecule has 2 aromatic heterocycles. The molecule has 4 nitrogen and oxygen atoms in total. The van der Waals surface area contributed by atoms with Gasteiger partial charge in [0, 0.05) is 6.07 Å². The number of nitrogens with zero attached hydrogens (tertiary/aromatic N) is 3. The highest BCUT2D eigenvalue weighted by Crippen LogP contribution is 2.22. The molecule has 84 valence electrons. The predicted molar refractivity (Wildman–Crippen MR) is 63.3 cm³/mol. The van der Waals surface area contributed by atoms with Crippen molar-refractivity contribution < 1.29 is 4.74 Å². The second kappa shape index (κ2) is 5.00. The molecule has 2 aromatic rings. The van der Waals surface area contributed by atoms with E-state index in [9.17, 15) is 0 Å². The van der Waals surface area contributed by atoms with Crippen LogP contribution in [-0.4, -0.2) is 9.97 Å². The van der Waals surface area contributed by atoms with Gasteiger partial charge in [0.05, 0.1) is 11.2 Å². The molecule has 0 N–H and O–H groups in total. The largest absolute Gasteiger partial charge is 0.437 e. The van der Waals surface area contributed by atoms with Crippen LogP contribution in [0.25, 0.3) is 0 Å². The molecular formula is C11H5Cl2N3O. The summed E-state index contributed by atoms with van der Waals surface area (Å²) in [6, 6.07) is 8.23. The van der Waals surface area contributed by atoms with Crippen molar-refractivity contribution >= 4 is 23.2 Å². The molecule has 0 saturated heterocycles. The van der Waals surface area contributed by atoms with Crippen molar-refractivity contribution in [2.24, 2.45) is 0 Å². The van der Waals surface area contributed by atoms with Gasteiger partial charge in [0.15, 0.2) is 5.69 Å². The Morgan fingerprint density at radius 3 is 2.65 bits per heavy atom. The lowest BCUT2D eigenvalue weighted by Crippen LogP contribution is -1.91. The molecule has 0 amide bonds. The van der Waals surface area contributed by atoms with E-state index in [2.05, 4.69) is 9.97 Å². The van der Waals surface area contributed by atoms with Crippen molar-refractivity contribution in [1.29, 1.82) is 5.26 Å². The summed E-state index contributed by atoms with van der Waals surface area (Å²) in [5.41, 5.74) is 0.117. The van der Waals surface area contributed by atoms with Crippen LogP contribution in [0, 0.1) is 11.3 Å². The van der Waals surface area contributed by atoms with Crippen molar-refractivity contribution in [3.63, 3.8) is 0 Å². The molecule has 0 saturated carbocycles. The van der Waals surface area contributed by atoms with E-state index in [0.29, 0.717) is 10.9 Å². The lowest BCUT2D eigenvalue weighted by Gasteiger charge is -2.04. The molecule has 0 radical (unpaired) electrons. The van der Waals surface area contributed by atoms with Crippen LogP contribution in [0.3, 0.4) is 0 Å². The third kappa shape index (κ3) is 2.84. The normalized spacial score (nSPS) is 9.71. The number of pyridine rings is 2. The Labute approximate surface area is 107 Å². The van der Waals surface area contributed by atoms with E-state index < -0.39 is 0 Å². The monoisotopic (exact) mass is 265 g/mol. The molecule has 0 aliphatic carbocycles. The van der Waals surface area contributed by atoms with Crippen molar-refractivity contribution in [3.05, 3.63) is 46.3 Å². The van der Waals surface area contributed by atoms with E-state index >= 15 is 0 Å². The molecule has 0 aliphatic heterocycles. The van der Waals surface area contributed by atoms with E-state index in [1.165, 1.54) is 6.20 Å². The van der Waals surface area contributed by atoms with E-state index in [4.69, 9.17) is 33.2 Å². The molecule has 17 heavy (non-hydrogen) atoms. The third-order valence-electron chi connectivity index (χ3n) is 1.85. The van der Waals surface area contributed by atoms with E-state index in [-0.39, 0.29) is 16.6 Å². The number of nitriles is 1. The van der Waals surface area contributed by atoms with Gasteiger partial charge < -0.3 is 4.74 Å². The van der Waals surface area contributed by atoms with Gasteiger partial charge in [0.1, 0.15) is 17.0 Å². The molecule has 0 bridgehead atoms. The van der Waals surface area contributed by atoms with Gasteiger partial charge in [0.25, 0.3) is 0 Å². The minimum atomic E-state index is 0.117. The Hall–Kier alpha value is -1.83. The molecule has 0 spiro atoms. The first-order valence-electron chi connectivity index (χ1n) is 4.55. The summed E-state index contributed by atoms with van der Waals surface area (Å²) in [4.78, 5) is 7.79. The fraction of sp³-hybridized carbons (Fsp3) is 0. The molecule has 0 fully saturated rings. The minimum absolute atomic E-state index is 0.117. The Morgan fingerprint density at radius 2 is 2.00 bits per heavy atom. The van der Waals surface area contributed by atoms with Crippen molar-refractivity contribution in [3.8, 4) is 17.7 Å². The van der Waals surface area contributed by atoms with Gasteiger partial charge in [-0.3, -0.25) is 0 Å². The predicted octanol–water partition coefficient (Wildman–Crippen LogP) is 3.45. The van der Waals surface area contributed by atoms with E-state index in [1.54, 1.807) is 24.3 Å². The quantitative estimate of drug-likeness (QED) is 0.781. The number of hydrogen-bond donors (Lipinski definition) is 0. The lowest BCUT2D eigenvalue weighted by atomic mass is 10.4. The number of hydrogen-bond acceptors (Lipinski definition) is 4. The standard InChI is InChI=1S/C11H5Cl2N3O/c12-8-2-4-11(16-9(8)5-14)17-7-1-3-10(13)15-6-7/h1-4,6H. The van der Waals surface area contributed by atoms with Crippen LogP contribution < -0.4 is 4.74 Å². The van der Waals surface area contributed by atoms with Gasteiger partial charge in [0.2, 0.25) is 5.88 Å². The first-order valence-corrected chi connectivity index (χ1v) is 5.30. The topological polar surface area (TPSA) is 58.8 Å². The first kappa shape index (κ1) is 11.6. The molecule has 6 heteroatoms. The van der Waals surface area contributed by atoms with Crippen LogP contribution in [0.15, 0.2) is 30.5 Å². The summed E-state index contributed by atoms with van der Waals surface area (Å²) in [7, 11) is 0. The van der Waals surface area contributed by atoms with Crippen LogP contribution in [-0.2, 0) is 0 Å². The zero-order chi connectivity index (χ0) is 12.3. The van der Waals surface area contributed by atoms with Gasteiger partial charge >= 0.3 is 0 Å². The zero-order valence-electron chi connectivity index (χ0n) is 8.39. The molecule has 2 heterocycles. The zero-order valence-corrected chi connectivity index (χ0v) is 9.90. The summed E-state index contributed by atoms with van der Waals surface area (Å²) in [6.45, 7) is 0. The maximum atomic E-state index is 8.76. The number of ether oxygens (including phenoxy) is 1. The van der Waals surface area contributed by atoms with Crippen LogP contribution in [0.4, 0.5) is 0 Å². The maximum Gasteiger partial charge on any atom is 0.220 e. The maximum absolute atomic E-state index is 8.76. The Balaban J connectivity index is 2.25. The second-order valence-corrected chi connectivity index (χ2v) is 3.80. The van der Waals surface area contributed by atoms with Crippen LogP contribution in [0.1, 0.15) is 5.69 Å². The highest BCUT2D eigenvalue weighted by atomic mass is 35.5. The Morgan fingerprint density at radius 1 is 1.18 bits per heavy atom. The molecule has 0 aliphatic rings. The summed E-state index contributed by atoms with van der Waals surface area (Å²) in [5.74, 6) is 0.753. The summed E-state index contributed by atoms with van der Waals surface area (Å²) < 4.78 is 5.39. The fourth-order valence-electron chi connectivity index (χ4n) is 1.10. The summed E-state index contributed by atoms with van der Waals surface area (Å²) in [5, 5.41) is 9.42. The molecule has 0 atom stereocenters. The molecular weight excluding hydrogens is 261 g/mol. The van der Waals surface area contributed by atoms with Crippen LogP contribution >= 0.6 is 23.2 Å². The van der Waals surface area contributed by atoms with Gasteiger partial charge in [-0.1, -0.05) is 23.2 Å². The molecule has 0 aromatic carbocycles. The van der Waals surface area contributed by atoms with Crippen molar-refractivity contribution in [1.82, 2.24) is 9.97 Å². The summed E-state index contributed by atoms with van der Waals surface area (Å²) in [6.07, 6.45) is 1.46. The Bertz CT molecular complexity index is 578. The SMILES string of the molecule is N#Cc1nc(Oc2ccc(Cl)nc2)ccc1Cl. The van der Waals surface area contributed by atoms with E-state index in [0.717, 1.165) is 0 Å². The minimum Gasteiger partial charge on any atom is -0.437 e. The third-order valence-corrected chi connectivity index (χ3v) is 2.38. The second-order valence-electron chi connectivity index (χ2n) is 3.01. The van der Waals surface area contributed by atoms with Gasteiger partial charge in [-0.25, -0.2) is 9.97 Å². The van der Waals surface area contributed by atoms with Gasteiger partial charge in [-0.2, -0.15) is 5.26 Å². The van der Waals surface area contributed by atoms with Crippen LogP contribution in [0.5, 0.6) is 11.6 Å². The van der Waals surface area contributed by atoms with E-state index in [1.807, 2.05) is 6.07 Å². The molecule has 0 unspecified atom stereocenters. The van der Waals surface area contributed by atoms with Crippen molar-refractivity contribution in [2.75, 3.05) is 0 Å². The average molecular weight is 266 g/mol. The lowest BCUT2D eigenvalue weighted by molar-refractivity contribution is 0.460. The number of halogens is 2. The van der Waals surface area contributed by atoms with Crippen molar-refractivity contribution in [2.45, 2.75) is 0 Å².